The molecule has 0 aliphatic rings. The van der Waals surface area contributed by atoms with Crippen LogP contribution in [0.5, 0.6) is 0 Å². The quantitative estimate of drug-likeness (QED) is 0.145. The van der Waals surface area contributed by atoms with Gasteiger partial charge in [-0.3, -0.25) is 0 Å². The molecule has 0 aromatic heterocycles. The Bertz CT molecular complexity index is 588. The van der Waals surface area contributed by atoms with Crippen molar-refractivity contribution in [3.63, 3.8) is 0 Å². The molecular formula is C28H52O8Sn. The van der Waals surface area contributed by atoms with E-state index in [1.54, 1.807) is 0 Å². The maximum absolute atomic E-state index is 9.60. The average molecular weight is 635 g/mol. The second-order valence-electron chi connectivity index (χ2n) is 9.08. The SMILES string of the molecule is C=C(C)C(=O)O.C=C(C)C(=O)O.C=C(C)C(=O)O.C=C(C)C(=O)O.CC[CH](C)[SnH]([CH](C)CC)[CH](C)CC. The van der Waals surface area contributed by atoms with Crippen molar-refractivity contribution in [2.75, 3.05) is 0 Å². The summed E-state index contributed by atoms with van der Waals surface area (Å²) in [6.07, 6.45) is 4.28. The molecule has 0 rings (SSSR count). The summed E-state index contributed by atoms with van der Waals surface area (Å²) in [5.74, 6) is -3.74. The molecule has 0 saturated heterocycles. The molecule has 8 nitrogen and oxygen atoms in total. The van der Waals surface area contributed by atoms with Gasteiger partial charge in [-0.25, -0.2) is 19.2 Å². The van der Waals surface area contributed by atoms with Gasteiger partial charge in [0.2, 0.25) is 0 Å². The zero-order valence-electron chi connectivity index (χ0n) is 24.7. The second kappa shape index (κ2) is 26.7. The number of hydrogen-bond donors (Lipinski definition) is 4. The molecule has 4 N–H and O–H groups in total. The molecule has 0 radical (unpaired) electrons. The Morgan fingerprint density at radius 2 is 0.622 bits per heavy atom. The van der Waals surface area contributed by atoms with Gasteiger partial charge >= 0.3 is 116 Å². The summed E-state index contributed by atoms with van der Waals surface area (Å²) in [5.41, 5.74) is 0.704. The fourth-order valence-electron chi connectivity index (χ4n) is 2.50. The monoisotopic (exact) mass is 636 g/mol. The van der Waals surface area contributed by atoms with Crippen molar-refractivity contribution in [3.05, 3.63) is 48.6 Å². The van der Waals surface area contributed by atoms with Crippen LogP contribution in [0.1, 0.15) is 88.5 Å². The van der Waals surface area contributed by atoms with Crippen molar-refractivity contribution in [3.8, 4) is 0 Å². The van der Waals surface area contributed by atoms with E-state index in [9.17, 15) is 19.2 Å². The van der Waals surface area contributed by atoms with Crippen LogP contribution in [0.3, 0.4) is 0 Å². The summed E-state index contributed by atoms with van der Waals surface area (Å²) >= 11 is -1.26. The molecule has 3 unspecified atom stereocenters. The first-order valence-electron chi connectivity index (χ1n) is 12.2. The van der Waals surface area contributed by atoms with E-state index in [0.717, 1.165) is 11.8 Å². The van der Waals surface area contributed by atoms with Crippen molar-refractivity contribution in [1.29, 1.82) is 0 Å². The normalized spacial score (nSPS) is 12.2. The Balaban J connectivity index is -0.000000122. The number of rotatable bonds is 10. The van der Waals surface area contributed by atoms with Crippen molar-refractivity contribution in [1.82, 2.24) is 0 Å². The third kappa shape index (κ3) is 33.6. The van der Waals surface area contributed by atoms with Crippen molar-refractivity contribution in [2.24, 2.45) is 0 Å². The van der Waals surface area contributed by atoms with Gasteiger partial charge in [0.25, 0.3) is 0 Å². The molecule has 0 bridgehead atoms. The van der Waals surface area contributed by atoms with Crippen molar-refractivity contribution < 1.29 is 39.6 Å². The van der Waals surface area contributed by atoms with Crippen LogP contribution in [0, 0.1) is 0 Å². The van der Waals surface area contributed by atoms with Crippen LogP contribution in [-0.4, -0.2) is 64.1 Å². The summed E-state index contributed by atoms with van der Waals surface area (Å²) in [5, 5.41) is 31.6. The standard InChI is InChI=1S/4C4H6O2.3C4H9.Sn.H/c4*1-3(2)4(5)6;3*1-3-4-2;;/h4*1H2,2H3,(H,5,6);3*3H,4H2,1-2H3;;. The molecule has 0 aliphatic carbocycles. The Hall–Kier alpha value is -2.36. The molecule has 0 fully saturated rings. The molecule has 216 valence electrons. The van der Waals surface area contributed by atoms with E-state index in [1.165, 1.54) is 47.0 Å². The number of carbonyl (C=O) groups is 4. The Labute approximate surface area is 231 Å². The number of hydrogen-bond acceptors (Lipinski definition) is 4. The van der Waals surface area contributed by atoms with Crippen LogP contribution in [-0.2, 0) is 19.2 Å². The molecular weight excluding hydrogens is 583 g/mol. The van der Waals surface area contributed by atoms with Crippen molar-refractivity contribution >= 4 is 43.6 Å². The van der Waals surface area contributed by atoms with E-state index in [2.05, 4.69) is 67.9 Å². The van der Waals surface area contributed by atoms with E-state index >= 15 is 0 Å². The molecule has 0 aliphatic heterocycles. The molecule has 0 spiro atoms. The van der Waals surface area contributed by atoms with Gasteiger partial charge in [-0.15, -0.1) is 0 Å². The maximum atomic E-state index is 9.60. The summed E-state index contributed by atoms with van der Waals surface area (Å²) in [4.78, 5) is 38.4. The first-order chi connectivity index (χ1) is 16.6. The summed E-state index contributed by atoms with van der Waals surface area (Å²) in [7, 11) is 0. The number of carboxylic acid groups (broad SMARTS) is 4. The Kier molecular flexibility index (Phi) is 32.2. The third-order valence-electron chi connectivity index (χ3n) is 5.36. The first kappa shape index (κ1) is 44.6. The summed E-state index contributed by atoms with van der Waals surface area (Å²) < 4.78 is 3.31. The van der Waals surface area contributed by atoms with Gasteiger partial charge in [-0.2, -0.15) is 0 Å². The average Bonchev–Trinajstić information content (AvgIpc) is 2.79. The molecule has 0 amide bonds. The van der Waals surface area contributed by atoms with E-state index in [-0.39, 0.29) is 22.3 Å². The first-order valence-corrected chi connectivity index (χ1v) is 17.9. The van der Waals surface area contributed by atoms with Gasteiger partial charge in [0, 0.05) is 22.3 Å². The van der Waals surface area contributed by atoms with E-state index in [0.29, 0.717) is 0 Å². The molecule has 0 saturated carbocycles. The zero-order chi connectivity index (χ0) is 31.0. The predicted molar refractivity (Wildman–Crippen MR) is 156 cm³/mol. The van der Waals surface area contributed by atoms with Crippen LogP contribution < -0.4 is 0 Å². The van der Waals surface area contributed by atoms with Gasteiger partial charge in [-0.05, 0) is 27.7 Å². The minimum absolute atomic E-state index is 0.176. The Morgan fingerprint density at radius 1 is 0.514 bits per heavy atom. The molecule has 3 atom stereocenters. The topological polar surface area (TPSA) is 149 Å². The summed E-state index contributed by atoms with van der Waals surface area (Å²) in [6, 6.07) is 0. The number of carboxylic acids is 4. The molecule has 0 aromatic carbocycles. The zero-order valence-corrected chi connectivity index (χ0v) is 28.0. The van der Waals surface area contributed by atoms with Crippen LogP contribution in [0.25, 0.3) is 0 Å². The number of aliphatic carboxylic acids is 4. The Morgan fingerprint density at radius 3 is 0.676 bits per heavy atom. The molecule has 37 heavy (non-hydrogen) atoms. The van der Waals surface area contributed by atoms with Crippen molar-refractivity contribution in [2.45, 2.75) is 100 Å². The van der Waals surface area contributed by atoms with E-state index in [4.69, 9.17) is 20.4 Å². The van der Waals surface area contributed by atoms with Gasteiger partial charge in [0.15, 0.2) is 0 Å². The molecule has 0 heterocycles. The predicted octanol–water partition coefficient (Wildman–Crippen LogP) is 7.20. The van der Waals surface area contributed by atoms with Gasteiger partial charge < -0.3 is 20.4 Å². The second-order valence-corrected chi connectivity index (χ2v) is 22.1. The van der Waals surface area contributed by atoms with Gasteiger partial charge in [0.05, 0.1) is 0 Å². The molecule has 0 aromatic rings. The van der Waals surface area contributed by atoms with Crippen LogP contribution >= 0.6 is 0 Å². The van der Waals surface area contributed by atoms with E-state index in [1.807, 2.05) is 0 Å². The van der Waals surface area contributed by atoms with Gasteiger partial charge in [-0.1, -0.05) is 26.3 Å². The summed E-state index contributed by atoms with van der Waals surface area (Å²) in [6.45, 7) is 33.1. The third-order valence-corrected chi connectivity index (χ3v) is 20.7. The van der Waals surface area contributed by atoms with Gasteiger partial charge in [0.1, 0.15) is 0 Å². The molecule has 9 heteroatoms. The minimum atomic E-state index is -1.26. The van der Waals surface area contributed by atoms with E-state index < -0.39 is 43.6 Å². The van der Waals surface area contributed by atoms with Crippen LogP contribution in [0.2, 0.25) is 11.8 Å². The van der Waals surface area contributed by atoms with Crippen LogP contribution in [0.4, 0.5) is 0 Å². The fourth-order valence-corrected chi connectivity index (χ4v) is 16.8. The fraction of sp³-hybridized carbons (Fsp3) is 0.571. The van der Waals surface area contributed by atoms with Crippen LogP contribution in [0.15, 0.2) is 48.6 Å².